The summed E-state index contributed by atoms with van der Waals surface area (Å²) in [6.45, 7) is 8.93. The van der Waals surface area contributed by atoms with Crippen molar-refractivity contribution in [2.75, 3.05) is 6.61 Å². The van der Waals surface area contributed by atoms with Gasteiger partial charge in [0.1, 0.15) is 11.8 Å². The van der Waals surface area contributed by atoms with Crippen molar-refractivity contribution in [2.24, 2.45) is 5.41 Å². The lowest BCUT2D eigenvalue weighted by atomic mass is 9.85. The van der Waals surface area contributed by atoms with E-state index < -0.39 is 47.6 Å². The summed E-state index contributed by atoms with van der Waals surface area (Å²) in [6, 6.07) is 26.4. The quantitative estimate of drug-likeness (QED) is 0.109. The number of rotatable bonds is 15. The van der Waals surface area contributed by atoms with Crippen molar-refractivity contribution in [3.63, 3.8) is 0 Å². The molecule has 4 atom stereocenters. The first kappa shape index (κ1) is 37.6. The van der Waals surface area contributed by atoms with E-state index >= 15 is 0 Å². The molecule has 0 bridgehead atoms. The van der Waals surface area contributed by atoms with Gasteiger partial charge < -0.3 is 30.9 Å². The summed E-state index contributed by atoms with van der Waals surface area (Å²) in [6.07, 6.45) is 0.0906. The number of carboxylic acid groups (broad SMARTS) is 1. The number of carbonyl (C=O) groups excluding carboxylic acids is 2. The molecular weight excluding hydrogens is 632 g/mol. The number of hydrogen-bond acceptors (Lipinski definition) is 6. The van der Waals surface area contributed by atoms with Crippen LogP contribution in [0.25, 0.3) is 11.3 Å². The second kappa shape index (κ2) is 17.4. The number of hydrogen-bond donors (Lipinski definition) is 5. The van der Waals surface area contributed by atoms with Gasteiger partial charge in [0.05, 0.1) is 17.8 Å². The lowest BCUT2D eigenvalue weighted by molar-refractivity contribution is -0.127. The molecule has 3 aromatic carbocycles. The van der Waals surface area contributed by atoms with Crippen LogP contribution >= 0.6 is 0 Å². The molecule has 4 rings (SSSR count). The van der Waals surface area contributed by atoms with Crippen molar-refractivity contribution in [1.29, 1.82) is 0 Å². The van der Waals surface area contributed by atoms with E-state index in [-0.39, 0.29) is 13.0 Å². The highest BCUT2D eigenvalue weighted by molar-refractivity contribution is 5.86. The summed E-state index contributed by atoms with van der Waals surface area (Å²) in [5.74, 6) is -0.257. The largest absolute Gasteiger partial charge is 0.483 e. The van der Waals surface area contributed by atoms with Gasteiger partial charge >= 0.3 is 6.09 Å². The molecule has 1 heterocycles. The van der Waals surface area contributed by atoms with Gasteiger partial charge in [0.25, 0.3) is 5.91 Å². The predicted molar refractivity (Wildman–Crippen MR) is 194 cm³/mol. The first-order valence-corrected chi connectivity index (χ1v) is 16.8. The maximum Gasteiger partial charge on any atom is 0.405 e. The minimum absolute atomic E-state index is 0.0766. The number of nitrogens with one attached hydrogen (secondary N) is 3. The number of benzene rings is 3. The van der Waals surface area contributed by atoms with E-state index in [9.17, 15) is 24.6 Å². The van der Waals surface area contributed by atoms with Gasteiger partial charge in [0.15, 0.2) is 6.61 Å². The maximum absolute atomic E-state index is 13.6. The van der Waals surface area contributed by atoms with Gasteiger partial charge in [0, 0.05) is 17.8 Å². The third kappa shape index (κ3) is 11.2. The van der Waals surface area contributed by atoms with Gasteiger partial charge in [-0.15, -0.1) is 0 Å². The number of amides is 3. The fourth-order valence-corrected chi connectivity index (χ4v) is 5.93. The van der Waals surface area contributed by atoms with Gasteiger partial charge in [-0.3, -0.25) is 14.6 Å². The summed E-state index contributed by atoms with van der Waals surface area (Å²) in [5.41, 5.74) is 4.67. The summed E-state index contributed by atoms with van der Waals surface area (Å²) in [7, 11) is 0. The van der Waals surface area contributed by atoms with Crippen LogP contribution in [0.2, 0.25) is 0 Å². The minimum atomic E-state index is -1.31. The van der Waals surface area contributed by atoms with Gasteiger partial charge in [-0.2, -0.15) is 0 Å². The predicted octanol–water partition coefficient (Wildman–Crippen LogP) is 5.63. The molecule has 5 N–H and O–H groups in total. The Morgan fingerprint density at radius 2 is 1.42 bits per heavy atom. The van der Waals surface area contributed by atoms with E-state index in [1.54, 1.807) is 27.0 Å². The van der Waals surface area contributed by atoms with Crippen molar-refractivity contribution >= 4 is 17.9 Å². The van der Waals surface area contributed by atoms with Crippen LogP contribution in [0.1, 0.15) is 49.4 Å². The van der Waals surface area contributed by atoms with Crippen molar-refractivity contribution in [2.45, 2.75) is 78.1 Å². The fraction of sp³-hybridized carbons (Fsp3) is 0.350. The zero-order valence-corrected chi connectivity index (χ0v) is 29.4. The van der Waals surface area contributed by atoms with Gasteiger partial charge in [-0.25, -0.2) is 4.79 Å². The highest BCUT2D eigenvalue weighted by atomic mass is 16.5. The van der Waals surface area contributed by atoms with Crippen LogP contribution in [-0.2, 0) is 22.4 Å². The maximum atomic E-state index is 13.6. The van der Waals surface area contributed by atoms with Crippen LogP contribution in [0.4, 0.5) is 4.79 Å². The Balaban J connectivity index is 1.57. The van der Waals surface area contributed by atoms with Crippen molar-refractivity contribution in [3.8, 4) is 17.0 Å². The number of aliphatic hydroxyl groups excluding tert-OH is 1. The summed E-state index contributed by atoms with van der Waals surface area (Å²) in [5, 5.41) is 29.6. The molecule has 50 heavy (non-hydrogen) atoms. The van der Waals surface area contributed by atoms with Crippen molar-refractivity contribution < 1.29 is 29.3 Å². The minimum Gasteiger partial charge on any atom is -0.483 e. The molecule has 0 saturated heterocycles. The van der Waals surface area contributed by atoms with E-state index in [0.29, 0.717) is 18.6 Å². The lowest BCUT2D eigenvalue weighted by Gasteiger charge is -2.33. The second-order valence-electron chi connectivity index (χ2n) is 13.7. The number of aliphatic hydroxyl groups is 1. The van der Waals surface area contributed by atoms with Gasteiger partial charge in [-0.1, -0.05) is 99.6 Å². The SMILES string of the molecule is Cc1cccc(C)c1OCC(=O)N[C@@H](Cc1ccccc1)[C@@H](O)C[C@H](Cc1ccc(-c2ccccn2)cc1)NC(=O)[C@@H](NC(=O)O)C(C)(C)C. The number of para-hydroxylation sites is 1. The molecule has 10 nitrogen and oxygen atoms in total. The molecule has 0 fully saturated rings. The Morgan fingerprint density at radius 3 is 2.02 bits per heavy atom. The van der Waals surface area contributed by atoms with Crippen LogP contribution in [-0.4, -0.2) is 63.9 Å². The van der Waals surface area contributed by atoms with E-state index in [4.69, 9.17) is 4.74 Å². The number of aromatic nitrogens is 1. The fourth-order valence-electron chi connectivity index (χ4n) is 5.93. The smallest absolute Gasteiger partial charge is 0.405 e. The Bertz CT molecular complexity index is 1690. The van der Waals surface area contributed by atoms with Crippen LogP contribution in [0.3, 0.4) is 0 Å². The van der Waals surface area contributed by atoms with Crippen LogP contribution < -0.4 is 20.7 Å². The Hall–Kier alpha value is -5.22. The number of pyridine rings is 1. The number of carbonyl (C=O) groups is 3. The summed E-state index contributed by atoms with van der Waals surface area (Å²) < 4.78 is 5.89. The summed E-state index contributed by atoms with van der Waals surface area (Å²) in [4.78, 5) is 42.9. The van der Waals surface area contributed by atoms with Gasteiger partial charge in [0.2, 0.25) is 5.91 Å². The first-order chi connectivity index (χ1) is 23.8. The highest BCUT2D eigenvalue weighted by Crippen LogP contribution is 2.24. The topological polar surface area (TPSA) is 150 Å². The monoisotopic (exact) mass is 680 g/mol. The molecular formula is C40H48N4O6. The van der Waals surface area contributed by atoms with Crippen molar-refractivity contribution in [3.05, 3.63) is 119 Å². The molecule has 264 valence electrons. The molecule has 3 amide bonds. The molecule has 0 aliphatic rings. The van der Waals surface area contributed by atoms with Crippen molar-refractivity contribution in [1.82, 2.24) is 20.9 Å². The molecule has 0 spiro atoms. The lowest BCUT2D eigenvalue weighted by Crippen LogP contribution is -2.56. The average Bonchev–Trinajstić information content (AvgIpc) is 3.07. The zero-order chi connectivity index (χ0) is 36.3. The van der Waals surface area contributed by atoms with Crippen LogP contribution in [0.15, 0.2) is 97.2 Å². The first-order valence-electron chi connectivity index (χ1n) is 16.8. The number of ether oxygens (including phenoxy) is 1. The number of aryl methyl sites for hydroxylation is 2. The van der Waals surface area contributed by atoms with E-state index in [1.165, 1.54) is 0 Å². The molecule has 1 aromatic heterocycles. The number of nitrogens with zero attached hydrogens (tertiary/aromatic N) is 1. The molecule has 10 heteroatoms. The Morgan fingerprint density at radius 1 is 0.780 bits per heavy atom. The second-order valence-corrected chi connectivity index (χ2v) is 13.7. The zero-order valence-electron chi connectivity index (χ0n) is 29.4. The highest BCUT2D eigenvalue weighted by Gasteiger charge is 2.35. The third-order valence-corrected chi connectivity index (χ3v) is 8.53. The Kier molecular flexibility index (Phi) is 13.1. The van der Waals surface area contributed by atoms with E-state index in [2.05, 4.69) is 20.9 Å². The van der Waals surface area contributed by atoms with E-state index in [0.717, 1.165) is 33.5 Å². The Labute approximate surface area is 294 Å². The van der Waals surface area contributed by atoms with Crippen LogP contribution in [0, 0.1) is 19.3 Å². The van der Waals surface area contributed by atoms with Gasteiger partial charge in [-0.05, 0) is 72.9 Å². The molecule has 0 radical (unpaired) electrons. The molecule has 0 aliphatic carbocycles. The molecule has 4 aromatic rings. The van der Waals surface area contributed by atoms with Crippen LogP contribution in [0.5, 0.6) is 5.75 Å². The molecule has 0 saturated carbocycles. The normalized spacial score (nSPS) is 13.7. The van der Waals surface area contributed by atoms with E-state index in [1.807, 2.05) is 105 Å². The average molecular weight is 681 g/mol. The summed E-state index contributed by atoms with van der Waals surface area (Å²) >= 11 is 0. The standard InChI is InChI=1S/C40H48N4O6/c1-26-12-11-13-27(2)36(26)50-25-35(46)43-33(23-28-14-7-6-8-15-28)34(45)24-31(42-38(47)37(40(3,4)5)44-39(48)49)22-29-17-19-30(20-18-29)32-16-9-10-21-41-32/h6-21,31,33-34,37,44-45H,22-25H2,1-5H3,(H,42,47)(H,43,46)(H,48,49)/t31-,33-,34-,37+/m0/s1. The third-order valence-electron chi connectivity index (χ3n) is 8.53. The molecule has 0 aliphatic heterocycles. The molecule has 0 unspecified atom stereocenters.